The predicted molar refractivity (Wildman–Crippen MR) is 65.0 cm³/mol. The predicted octanol–water partition coefficient (Wildman–Crippen LogP) is 2.10. The minimum Gasteiger partial charge on any atom is -0.313 e. The highest BCUT2D eigenvalue weighted by Gasteiger charge is 2.36. The van der Waals surface area contributed by atoms with Crippen LogP contribution in [0.3, 0.4) is 0 Å². The molecule has 1 N–H and O–H groups in total. The molecule has 4 unspecified atom stereocenters. The summed E-state index contributed by atoms with van der Waals surface area (Å²) in [5.41, 5.74) is 0. The normalized spacial score (nSPS) is 42.6. The molecule has 4 atom stereocenters. The number of likely N-dealkylation sites (tertiary alicyclic amines) is 1. The van der Waals surface area contributed by atoms with Crippen molar-refractivity contribution in [1.82, 2.24) is 10.2 Å². The Bertz CT molecular complexity index is 195. The SMILES string of the molecule is CCNC1CCCC1N1CC(C)C(C)C1. The first kappa shape index (κ1) is 11.4. The van der Waals surface area contributed by atoms with Gasteiger partial charge in [-0.2, -0.15) is 0 Å². The van der Waals surface area contributed by atoms with Crippen LogP contribution in [-0.2, 0) is 0 Å². The fourth-order valence-corrected chi connectivity index (χ4v) is 3.32. The minimum absolute atomic E-state index is 0.771. The smallest absolute Gasteiger partial charge is 0.0249 e. The average Bonchev–Trinajstić information content (AvgIpc) is 2.76. The van der Waals surface area contributed by atoms with Crippen LogP contribution in [0.5, 0.6) is 0 Å². The van der Waals surface area contributed by atoms with Gasteiger partial charge in [0, 0.05) is 25.2 Å². The number of likely N-dealkylation sites (N-methyl/N-ethyl adjacent to an activating group) is 1. The topological polar surface area (TPSA) is 15.3 Å². The molecule has 0 aromatic carbocycles. The van der Waals surface area contributed by atoms with Crippen LogP contribution >= 0.6 is 0 Å². The van der Waals surface area contributed by atoms with Crippen LogP contribution in [0.15, 0.2) is 0 Å². The van der Waals surface area contributed by atoms with Crippen LogP contribution in [0.2, 0.25) is 0 Å². The summed E-state index contributed by atoms with van der Waals surface area (Å²) < 4.78 is 0. The maximum atomic E-state index is 3.66. The number of rotatable bonds is 3. The average molecular weight is 210 g/mol. The minimum atomic E-state index is 0.771. The molecular formula is C13H26N2. The second kappa shape index (κ2) is 4.84. The molecule has 2 rings (SSSR count). The van der Waals surface area contributed by atoms with Gasteiger partial charge in [-0.1, -0.05) is 27.2 Å². The lowest BCUT2D eigenvalue weighted by Crippen LogP contribution is -2.46. The van der Waals surface area contributed by atoms with E-state index in [9.17, 15) is 0 Å². The Hall–Kier alpha value is -0.0800. The summed E-state index contributed by atoms with van der Waals surface area (Å²) in [5, 5.41) is 3.66. The zero-order chi connectivity index (χ0) is 10.8. The molecule has 2 fully saturated rings. The van der Waals surface area contributed by atoms with Gasteiger partial charge in [-0.25, -0.2) is 0 Å². The largest absolute Gasteiger partial charge is 0.313 e. The molecule has 2 heteroatoms. The zero-order valence-electron chi connectivity index (χ0n) is 10.5. The van der Waals surface area contributed by atoms with Gasteiger partial charge < -0.3 is 5.32 Å². The van der Waals surface area contributed by atoms with E-state index >= 15 is 0 Å². The fourth-order valence-electron chi connectivity index (χ4n) is 3.32. The Labute approximate surface area is 94.4 Å². The highest BCUT2D eigenvalue weighted by atomic mass is 15.2. The summed E-state index contributed by atoms with van der Waals surface area (Å²) in [4.78, 5) is 2.75. The van der Waals surface area contributed by atoms with Gasteiger partial charge in [-0.3, -0.25) is 4.90 Å². The zero-order valence-corrected chi connectivity index (χ0v) is 10.5. The molecule has 0 aromatic heterocycles. The van der Waals surface area contributed by atoms with E-state index in [4.69, 9.17) is 0 Å². The first-order valence-corrected chi connectivity index (χ1v) is 6.69. The van der Waals surface area contributed by atoms with Crippen LogP contribution in [-0.4, -0.2) is 36.6 Å². The highest BCUT2D eigenvalue weighted by molar-refractivity contribution is 4.94. The Balaban J connectivity index is 1.92. The lowest BCUT2D eigenvalue weighted by atomic mass is 10.0. The molecule has 0 amide bonds. The van der Waals surface area contributed by atoms with Crippen molar-refractivity contribution in [2.75, 3.05) is 19.6 Å². The van der Waals surface area contributed by atoms with Gasteiger partial charge in [0.15, 0.2) is 0 Å². The van der Waals surface area contributed by atoms with E-state index in [2.05, 4.69) is 31.0 Å². The van der Waals surface area contributed by atoms with Crippen molar-refractivity contribution in [2.45, 2.75) is 52.1 Å². The molecule has 88 valence electrons. The molecule has 1 aliphatic heterocycles. The van der Waals surface area contributed by atoms with Crippen LogP contribution in [0.1, 0.15) is 40.0 Å². The monoisotopic (exact) mass is 210 g/mol. The lowest BCUT2D eigenvalue weighted by molar-refractivity contribution is 0.203. The summed E-state index contributed by atoms with van der Waals surface area (Å²) in [6, 6.07) is 1.60. The maximum Gasteiger partial charge on any atom is 0.0249 e. The van der Waals surface area contributed by atoms with Crippen molar-refractivity contribution in [2.24, 2.45) is 11.8 Å². The number of nitrogens with one attached hydrogen (secondary N) is 1. The van der Waals surface area contributed by atoms with E-state index in [1.54, 1.807) is 0 Å². The van der Waals surface area contributed by atoms with Gasteiger partial charge >= 0.3 is 0 Å². The first-order chi connectivity index (χ1) is 7.22. The van der Waals surface area contributed by atoms with E-state index in [-0.39, 0.29) is 0 Å². The van der Waals surface area contributed by atoms with Crippen molar-refractivity contribution in [3.63, 3.8) is 0 Å². The van der Waals surface area contributed by atoms with Gasteiger partial charge in [0.1, 0.15) is 0 Å². The van der Waals surface area contributed by atoms with E-state index in [1.165, 1.54) is 32.4 Å². The molecule has 0 bridgehead atoms. The van der Waals surface area contributed by atoms with Crippen molar-refractivity contribution >= 4 is 0 Å². The van der Waals surface area contributed by atoms with Gasteiger partial charge in [0.2, 0.25) is 0 Å². The molecule has 2 aliphatic rings. The summed E-state index contributed by atoms with van der Waals surface area (Å²) >= 11 is 0. The van der Waals surface area contributed by atoms with E-state index < -0.39 is 0 Å². The molecule has 1 aliphatic carbocycles. The Kier molecular flexibility index (Phi) is 3.68. The third-order valence-corrected chi connectivity index (χ3v) is 4.43. The van der Waals surface area contributed by atoms with E-state index in [0.29, 0.717) is 0 Å². The summed E-state index contributed by atoms with van der Waals surface area (Å²) in [5.74, 6) is 1.79. The Morgan fingerprint density at radius 2 is 1.80 bits per heavy atom. The van der Waals surface area contributed by atoms with Crippen molar-refractivity contribution in [3.05, 3.63) is 0 Å². The second-order valence-electron chi connectivity index (χ2n) is 5.57. The Morgan fingerprint density at radius 1 is 1.13 bits per heavy atom. The lowest BCUT2D eigenvalue weighted by Gasteiger charge is -2.30. The quantitative estimate of drug-likeness (QED) is 0.767. The van der Waals surface area contributed by atoms with Crippen LogP contribution in [0.25, 0.3) is 0 Å². The molecule has 1 saturated heterocycles. The van der Waals surface area contributed by atoms with Crippen molar-refractivity contribution in [1.29, 1.82) is 0 Å². The van der Waals surface area contributed by atoms with Gasteiger partial charge in [-0.15, -0.1) is 0 Å². The number of hydrogen-bond donors (Lipinski definition) is 1. The van der Waals surface area contributed by atoms with Crippen LogP contribution in [0, 0.1) is 11.8 Å². The summed E-state index contributed by atoms with van der Waals surface area (Å²) in [6.45, 7) is 10.8. The molecule has 0 spiro atoms. The molecular weight excluding hydrogens is 184 g/mol. The van der Waals surface area contributed by atoms with E-state index in [1.807, 2.05) is 0 Å². The first-order valence-electron chi connectivity index (χ1n) is 6.69. The molecule has 1 saturated carbocycles. The summed E-state index contributed by atoms with van der Waals surface area (Å²) in [6.07, 6.45) is 4.22. The molecule has 2 nitrogen and oxygen atoms in total. The van der Waals surface area contributed by atoms with Crippen LogP contribution in [0.4, 0.5) is 0 Å². The third-order valence-electron chi connectivity index (χ3n) is 4.43. The van der Waals surface area contributed by atoms with E-state index in [0.717, 1.165) is 30.5 Å². The molecule has 1 heterocycles. The number of nitrogens with zero attached hydrogens (tertiary/aromatic N) is 1. The molecule has 15 heavy (non-hydrogen) atoms. The third kappa shape index (κ3) is 2.36. The second-order valence-corrected chi connectivity index (χ2v) is 5.57. The van der Waals surface area contributed by atoms with Gasteiger partial charge in [0.25, 0.3) is 0 Å². The maximum absolute atomic E-state index is 3.66. The van der Waals surface area contributed by atoms with Crippen molar-refractivity contribution < 1.29 is 0 Å². The summed E-state index contributed by atoms with van der Waals surface area (Å²) in [7, 11) is 0. The standard InChI is InChI=1S/C13H26N2/c1-4-14-12-6-5-7-13(12)15-8-10(2)11(3)9-15/h10-14H,4-9H2,1-3H3. The highest BCUT2D eigenvalue weighted by Crippen LogP contribution is 2.31. The fraction of sp³-hybridized carbons (Fsp3) is 1.00. The number of hydrogen-bond acceptors (Lipinski definition) is 2. The molecule has 0 aromatic rings. The van der Waals surface area contributed by atoms with Gasteiger partial charge in [0.05, 0.1) is 0 Å². The molecule has 0 radical (unpaired) electrons. The van der Waals surface area contributed by atoms with Crippen LogP contribution < -0.4 is 5.32 Å². The van der Waals surface area contributed by atoms with Gasteiger partial charge in [-0.05, 0) is 31.2 Å². The van der Waals surface area contributed by atoms with Crippen molar-refractivity contribution in [3.8, 4) is 0 Å². The Morgan fingerprint density at radius 3 is 2.40 bits per heavy atom.